The standard InChI is InChI=1S/C20H25FN4O2/c1-5-23-19(24-11-16-9-15(10-22)6-7-18(16)21)25-12-20(4,26)17-8-13(2)27-14(17)3/h6-9,26H,5,11-12H2,1-4H3,(H2,23,24,25). The summed E-state index contributed by atoms with van der Waals surface area (Å²) in [4.78, 5) is 4.35. The van der Waals surface area contributed by atoms with Gasteiger partial charge in [-0.2, -0.15) is 5.26 Å². The second-order valence-corrected chi connectivity index (χ2v) is 6.57. The molecule has 1 aromatic heterocycles. The number of nitriles is 1. The number of benzene rings is 1. The topological polar surface area (TPSA) is 93.6 Å². The highest BCUT2D eigenvalue weighted by Gasteiger charge is 2.27. The van der Waals surface area contributed by atoms with E-state index in [-0.39, 0.29) is 13.1 Å². The molecule has 2 aromatic rings. The number of aryl methyl sites for hydroxylation is 2. The summed E-state index contributed by atoms with van der Waals surface area (Å²) in [6.45, 7) is 8.11. The number of nitrogens with one attached hydrogen (secondary N) is 2. The number of hydrogen-bond acceptors (Lipinski definition) is 4. The number of guanidine groups is 1. The van der Waals surface area contributed by atoms with Crippen LogP contribution in [0.2, 0.25) is 0 Å². The van der Waals surface area contributed by atoms with Gasteiger partial charge in [-0.3, -0.25) is 0 Å². The van der Waals surface area contributed by atoms with Crippen molar-refractivity contribution in [3.8, 4) is 6.07 Å². The van der Waals surface area contributed by atoms with Crippen molar-refractivity contribution in [2.24, 2.45) is 4.99 Å². The zero-order valence-corrected chi connectivity index (χ0v) is 16.1. The Labute approximate surface area is 158 Å². The van der Waals surface area contributed by atoms with Crippen LogP contribution in [-0.4, -0.2) is 24.2 Å². The second kappa shape index (κ2) is 8.69. The minimum Gasteiger partial charge on any atom is -0.466 e. The number of nitrogens with zero attached hydrogens (tertiary/aromatic N) is 2. The number of furan rings is 1. The van der Waals surface area contributed by atoms with E-state index in [1.54, 1.807) is 13.8 Å². The number of hydrogen-bond donors (Lipinski definition) is 3. The molecule has 0 spiro atoms. The molecule has 0 saturated carbocycles. The van der Waals surface area contributed by atoms with Crippen molar-refractivity contribution < 1.29 is 13.9 Å². The van der Waals surface area contributed by atoms with E-state index in [1.807, 2.05) is 26.0 Å². The van der Waals surface area contributed by atoms with Gasteiger partial charge in [0.05, 0.1) is 24.7 Å². The Bertz CT molecular complexity index is 865. The van der Waals surface area contributed by atoms with Gasteiger partial charge in [-0.15, -0.1) is 0 Å². The molecule has 6 nitrogen and oxygen atoms in total. The number of halogens is 1. The van der Waals surface area contributed by atoms with Crippen LogP contribution >= 0.6 is 0 Å². The van der Waals surface area contributed by atoms with Crippen LogP contribution in [0.15, 0.2) is 33.7 Å². The molecule has 144 valence electrons. The lowest BCUT2D eigenvalue weighted by Gasteiger charge is -2.24. The lowest BCUT2D eigenvalue weighted by atomic mass is 9.96. The summed E-state index contributed by atoms with van der Waals surface area (Å²) >= 11 is 0. The van der Waals surface area contributed by atoms with Crippen molar-refractivity contribution >= 4 is 5.96 Å². The Morgan fingerprint density at radius 1 is 1.33 bits per heavy atom. The smallest absolute Gasteiger partial charge is 0.191 e. The lowest BCUT2D eigenvalue weighted by molar-refractivity contribution is 0.0601. The highest BCUT2D eigenvalue weighted by atomic mass is 19.1. The van der Waals surface area contributed by atoms with Crippen molar-refractivity contribution in [3.63, 3.8) is 0 Å². The fraction of sp³-hybridized carbons (Fsp3) is 0.400. The third-order valence-electron chi connectivity index (χ3n) is 4.15. The van der Waals surface area contributed by atoms with Gasteiger partial charge in [0, 0.05) is 17.7 Å². The Hall–Kier alpha value is -2.85. The van der Waals surface area contributed by atoms with Gasteiger partial charge in [0.15, 0.2) is 5.96 Å². The summed E-state index contributed by atoms with van der Waals surface area (Å²) in [7, 11) is 0. The van der Waals surface area contributed by atoms with Gasteiger partial charge in [-0.1, -0.05) is 0 Å². The summed E-state index contributed by atoms with van der Waals surface area (Å²) in [6, 6.07) is 7.97. The number of aliphatic hydroxyl groups is 1. The van der Waals surface area contributed by atoms with E-state index in [0.717, 1.165) is 5.76 Å². The molecule has 7 heteroatoms. The molecule has 0 amide bonds. The molecule has 0 fully saturated rings. The van der Waals surface area contributed by atoms with E-state index in [2.05, 4.69) is 15.6 Å². The van der Waals surface area contributed by atoms with Crippen LogP contribution in [0.5, 0.6) is 0 Å². The van der Waals surface area contributed by atoms with Crippen molar-refractivity contribution in [2.75, 3.05) is 13.1 Å². The predicted octanol–water partition coefficient (Wildman–Crippen LogP) is 2.87. The monoisotopic (exact) mass is 372 g/mol. The Kier molecular flexibility index (Phi) is 6.59. The van der Waals surface area contributed by atoms with E-state index in [9.17, 15) is 9.50 Å². The van der Waals surface area contributed by atoms with E-state index >= 15 is 0 Å². The quantitative estimate of drug-likeness (QED) is 0.535. The Balaban J connectivity index is 2.12. The lowest BCUT2D eigenvalue weighted by Crippen LogP contribution is -2.44. The van der Waals surface area contributed by atoms with E-state index in [1.165, 1.54) is 18.2 Å². The van der Waals surface area contributed by atoms with Gasteiger partial charge in [0.2, 0.25) is 0 Å². The maximum Gasteiger partial charge on any atom is 0.191 e. The van der Waals surface area contributed by atoms with Crippen molar-refractivity contribution in [2.45, 2.75) is 39.8 Å². The first kappa shape index (κ1) is 20.5. The highest BCUT2D eigenvalue weighted by molar-refractivity contribution is 5.79. The maximum absolute atomic E-state index is 13.9. The normalized spacial score (nSPS) is 13.7. The molecule has 3 N–H and O–H groups in total. The zero-order valence-electron chi connectivity index (χ0n) is 16.1. The van der Waals surface area contributed by atoms with Crippen LogP contribution in [0.4, 0.5) is 4.39 Å². The summed E-state index contributed by atoms with van der Waals surface area (Å²) in [5.41, 5.74) is 0.257. The van der Waals surface area contributed by atoms with Gasteiger partial charge in [-0.25, -0.2) is 9.38 Å². The first-order valence-electron chi connectivity index (χ1n) is 8.77. The first-order valence-corrected chi connectivity index (χ1v) is 8.77. The Morgan fingerprint density at radius 2 is 2.07 bits per heavy atom. The van der Waals surface area contributed by atoms with Crippen molar-refractivity contribution in [1.82, 2.24) is 10.6 Å². The van der Waals surface area contributed by atoms with Crippen LogP contribution in [0, 0.1) is 31.0 Å². The first-order chi connectivity index (χ1) is 12.8. The Morgan fingerprint density at radius 3 is 2.67 bits per heavy atom. The van der Waals surface area contributed by atoms with Crippen LogP contribution in [0.25, 0.3) is 0 Å². The maximum atomic E-state index is 13.9. The van der Waals surface area contributed by atoms with Crippen LogP contribution in [0.3, 0.4) is 0 Å². The second-order valence-electron chi connectivity index (χ2n) is 6.57. The largest absolute Gasteiger partial charge is 0.466 e. The molecular weight excluding hydrogens is 347 g/mol. The van der Waals surface area contributed by atoms with Crippen molar-refractivity contribution in [3.05, 3.63) is 58.3 Å². The molecule has 0 bridgehead atoms. The third kappa shape index (κ3) is 5.31. The minimum absolute atomic E-state index is 0.0721. The molecule has 0 aliphatic carbocycles. The molecule has 2 rings (SSSR count). The fourth-order valence-electron chi connectivity index (χ4n) is 2.79. The third-order valence-corrected chi connectivity index (χ3v) is 4.15. The minimum atomic E-state index is -1.16. The summed E-state index contributed by atoms with van der Waals surface area (Å²) in [5, 5.41) is 25.9. The van der Waals surface area contributed by atoms with Crippen molar-refractivity contribution in [1.29, 1.82) is 5.26 Å². The number of rotatable bonds is 6. The molecule has 0 aliphatic heterocycles. The average molecular weight is 372 g/mol. The SMILES string of the molecule is CCNC(=NCc1cc(C#N)ccc1F)NCC(C)(O)c1cc(C)oc1C. The van der Waals surface area contributed by atoms with Gasteiger partial charge in [0.25, 0.3) is 0 Å². The molecule has 0 radical (unpaired) electrons. The molecule has 1 atom stereocenters. The van der Waals surface area contributed by atoms with Crippen LogP contribution in [0.1, 0.15) is 42.1 Å². The average Bonchev–Trinajstić information content (AvgIpc) is 2.98. The fourth-order valence-corrected chi connectivity index (χ4v) is 2.79. The molecule has 1 aromatic carbocycles. The summed E-state index contributed by atoms with van der Waals surface area (Å²) < 4.78 is 19.4. The van der Waals surface area contributed by atoms with E-state index in [0.29, 0.717) is 35.0 Å². The van der Waals surface area contributed by atoms with Gasteiger partial charge < -0.3 is 20.2 Å². The zero-order chi connectivity index (χ0) is 20.0. The summed E-state index contributed by atoms with van der Waals surface area (Å²) in [6.07, 6.45) is 0. The van der Waals surface area contributed by atoms with Crippen LogP contribution < -0.4 is 10.6 Å². The van der Waals surface area contributed by atoms with E-state index < -0.39 is 11.4 Å². The molecule has 1 heterocycles. The van der Waals surface area contributed by atoms with Crippen LogP contribution in [-0.2, 0) is 12.1 Å². The molecular formula is C20H25FN4O2. The van der Waals surface area contributed by atoms with Gasteiger partial charge in [0.1, 0.15) is 22.9 Å². The van der Waals surface area contributed by atoms with E-state index in [4.69, 9.17) is 9.68 Å². The van der Waals surface area contributed by atoms with Gasteiger partial charge >= 0.3 is 0 Å². The van der Waals surface area contributed by atoms with Gasteiger partial charge in [-0.05, 0) is 52.0 Å². The molecule has 0 saturated heterocycles. The number of aliphatic imine (C=N–C) groups is 1. The summed E-state index contributed by atoms with van der Waals surface area (Å²) in [5.74, 6) is 1.43. The molecule has 1 unspecified atom stereocenters. The highest BCUT2D eigenvalue weighted by Crippen LogP contribution is 2.26. The molecule has 27 heavy (non-hydrogen) atoms. The predicted molar refractivity (Wildman–Crippen MR) is 102 cm³/mol. The molecule has 0 aliphatic rings.